The smallest absolute Gasteiger partial charge is 0.338 e. The monoisotopic (exact) mass is 286 g/mol. The lowest BCUT2D eigenvalue weighted by Crippen LogP contribution is -2.25. The molecule has 2 heterocycles. The number of hydrogen-bond acceptors (Lipinski definition) is 6. The maximum atomic E-state index is 12.2. The molecule has 1 aliphatic heterocycles. The first-order valence-corrected chi connectivity index (χ1v) is 6.18. The summed E-state index contributed by atoms with van der Waals surface area (Å²) in [5.41, 5.74) is 6.74. The van der Waals surface area contributed by atoms with Crippen LogP contribution in [0.2, 0.25) is 0 Å². The zero-order chi connectivity index (χ0) is 15.4. The number of furan rings is 1. The van der Waals surface area contributed by atoms with Crippen LogP contribution < -0.4 is 5.73 Å². The fourth-order valence-corrected chi connectivity index (χ4v) is 2.13. The quantitative estimate of drug-likeness (QED) is 0.672. The molecular weight excluding hydrogens is 272 g/mol. The van der Waals surface area contributed by atoms with Gasteiger partial charge in [0.1, 0.15) is 24.0 Å². The van der Waals surface area contributed by atoms with Crippen molar-refractivity contribution >= 4 is 5.97 Å². The third kappa shape index (κ3) is 2.67. The Balaban J connectivity index is 2.49. The van der Waals surface area contributed by atoms with E-state index < -0.39 is 11.9 Å². The Labute approximate surface area is 121 Å². The van der Waals surface area contributed by atoms with Crippen LogP contribution >= 0.6 is 0 Å². The van der Waals surface area contributed by atoms with Gasteiger partial charge >= 0.3 is 5.97 Å². The van der Waals surface area contributed by atoms with E-state index in [1.54, 1.807) is 13.0 Å². The number of carbonyl (C=O) groups is 1. The third-order valence-corrected chi connectivity index (χ3v) is 3.03. The van der Waals surface area contributed by atoms with Gasteiger partial charge in [0, 0.05) is 5.56 Å². The van der Waals surface area contributed by atoms with Crippen molar-refractivity contribution < 1.29 is 18.7 Å². The molecule has 1 atom stereocenters. The van der Waals surface area contributed by atoms with Gasteiger partial charge in [0.15, 0.2) is 0 Å². The number of carbonyl (C=O) groups excluding carboxylic acids is 1. The molecule has 0 amide bonds. The molecule has 108 valence electrons. The number of nitriles is 1. The highest BCUT2D eigenvalue weighted by atomic mass is 16.5. The van der Waals surface area contributed by atoms with Crippen molar-refractivity contribution in [3.05, 3.63) is 59.6 Å². The van der Waals surface area contributed by atoms with Crippen molar-refractivity contribution in [2.75, 3.05) is 6.61 Å². The molecule has 0 saturated heterocycles. The molecule has 1 aromatic heterocycles. The molecule has 0 aliphatic carbocycles. The summed E-state index contributed by atoms with van der Waals surface area (Å²) in [6.45, 7) is 5.15. The number of rotatable bonds is 4. The minimum atomic E-state index is -0.667. The molecule has 1 aliphatic rings. The summed E-state index contributed by atoms with van der Waals surface area (Å²) in [6, 6.07) is 3.64. The van der Waals surface area contributed by atoms with Gasteiger partial charge in [0.05, 0.1) is 24.0 Å². The molecule has 2 rings (SSSR count). The Morgan fingerprint density at radius 2 is 2.43 bits per heavy atom. The summed E-state index contributed by atoms with van der Waals surface area (Å²) in [6.07, 6.45) is 4.37. The van der Waals surface area contributed by atoms with Crippen LogP contribution in [0.3, 0.4) is 0 Å². The SMILES string of the molecule is C=CCOC(=O)C1=C(C)OC(N)=C(C#N)[C@@H]1c1ccoc1. The van der Waals surface area contributed by atoms with E-state index in [0.717, 1.165) is 0 Å². The van der Waals surface area contributed by atoms with E-state index in [1.165, 1.54) is 18.6 Å². The summed E-state index contributed by atoms with van der Waals surface area (Å²) >= 11 is 0. The van der Waals surface area contributed by atoms with Gasteiger partial charge in [-0.15, -0.1) is 0 Å². The Morgan fingerprint density at radius 1 is 1.67 bits per heavy atom. The Morgan fingerprint density at radius 3 is 3.00 bits per heavy atom. The van der Waals surface area contributed by atoms with Crippen molar-refractivity contribution in [1.82, 2.24) is 0 Å². The average molecular weight is 286 g/mol. The molecule has 0 unspecified atom stereocenters. The van der Waals surface area contributed by atoms with Crippen LogP contribution in [0.5, 0.6) is 0 Å². The highest BCUT2D eigenvalue weighted by Gasteiger charge is 2.36. The lowest BCUT2D eigenvalue weighted by atomic mass is 9.84. The normalized spacial score (nSPS) is 18.0. The summed E-state index contributed by atoms with van der Waals surface area (Å²) in [5, 5.41) is 9.30. The van der Waals surface area contributed by atoms with Gasteiger partial charge in [0.25, 0.3) is 0 Å². The van der Waals surface area contributed by atoms with E-state index in [9.17, 15) is 10.1 Å². The molecular formula is C15H14N2O4. The van der Waals surface area contributed by atoms with Crippen molar-refractivity contribution in [2.45, 2.75) is 12.8 Å². The van der Waals surface area contributed by atoms with E-state index in [0.29, 0.717) is 11.3 Å². The number of ether oxygens (including phenoxy) is 2. The average Bonchev–Trinajstić information content (AvgIpc) is 2.97. The van der Waals surface area contributed by atoms with Crippen LogP contribution in [0.4, 0.5) is 0 Å². The zero-order valence-electron chi connectivity index (χ0n) is 11.5. The number of esters is 1. The molecule has 0 saturated carbocycles. The molecule has 2 N–H and O–H groups in total. The minimum absolute atomic E-state index is 0.0264. The first-order valence-electron chi connectivity index (χ1n) is 6.18. The van der Waals surface area contributed by atoms with Gasteiger partial charge in [-0.2, -0.15) is 5.26 Å². The maximum Gasteiger partial charge on any atom is 0.338 e. The minimum Gasteiger partial charge on any atom is -0.472 e. The highest BCUT2D eigenvalue weighted by Crippen LogP contribution is 2.39. The summed E-state index contributed by atoms with van der Waals surface area (Å²) < 4.78 is 15.4. The molecule has 0 aromatic carbocycles. The number of nitrogens with zero attached hydrogens (tertiary/aromatic N) is 1. The van der Waals surface area contributed by atoms with Gasteiger partial charge in [-0.1, -0.05) is 12.7 Å². The van der Waals surface area contributed by atoms with Crippen molar-refractivity contribution in [2.24, 2.45) is 5.73 Å². The second kappa shape index (κ2) is 6.01. The molecule has 6 heteroatoms. The lowest BCUT2D eigenvalue weighted by molar-refractivity contribution is -0.138. The van der Waals surface area contributed by atoms with Crippen LogP contribution in [-0.2, 0) is 14.3 Å². The predicted octanol–water partition coefficient (Wildman–Crippen LogP) is 2.09. The van der Waals surface area contributed by atoms with Gasteiger partial charge < -0.3 is 19.6 Å². The Bertz CT molecular complexity index is 662. The van der Waals surface area contributed by atoms with Gasteiger partial charge in [-0.25, -0.2) is 4.79 Å². The first-order chi connectivity index (χ1) is 10.1. The Kier molecular flexibility index (Phi) is 4.14. The molecule has 6 nitrogen and oxygen atoms in total. The molecule has 0 bridgehead atoms. The largest absolute Gasteiger partial charge is 0.472 e. The zero-order valence-corrected chi connectivity index (χ0v) is 11.5. The number of hydrogen-bond donors (Lipinski definition) is 1. The van der Waals surface area contributed by atoms with Crippen LogP contribution in [0.1, 0.15) is 18.4 Å². The lowest BCUT2D eigenvalue weighted by Gasteiger charge is -2.25. The van der Waals surface area contributed by atoms with Crippen molar-refractivity contribution in [3.63, 3.8) is 0 Å². The van der Waals surface area contributed by atoms with E-state index in [-0.39, 0.29) is 23.6 Å². The number of nitrogens with two attached hydrogens (primary N) is 1. The van der Waals surface area contributed by atoms with E-state index in [4.69, 9.17) is 19.6 Å². The van der Waals surface area contributed by atoms with Crippen LogP contribution in [0.15, 0.2) is 58.5 Å². The van der Waals surface area contributed by atoms with E-state index in [1.807, 2.05) is 6.07 Å². The molecule has 0 spiro atoms. The standard InChI is InChI=1S/C15H14N2O4/c1-3-5-20-15(18)12-9(2)21-14(17)11(7-16)13(12)10-4-6-19-8-10/h3-4,6,8,13H,1,5,17H2,2H3/t13-/m0/s1. The van der Waals surface area contributed by atoms with Crippen LogP contribution in [-0.4, -0.2) is 12.6 Å². The molecule has 21 heavy (non-hydrogen) atoms. The second-order valence-electron chi connectivity index (χ2n) is 4.34. The van der Waals surface area contributed by atoms with Gasteiger partial charge in [-0.05, 0) is 13.0 Å². The molecule has 0 fully saturated rings. The third-order valence-electron chi connectivity index (χ3n) is 3.03. The highest BCUT2D eigenvalue weighted by molar-refractivity contribution is 5.92. The van der Waals surface area contributed by atoms with Crippen molar-refractivity contribution in [3.8, 4) is 6.07 Å². The van der Waals surface area contributed by atoms with Gasteiger partial charge in [-0.3, -0.25) is 0 Å². The van der Waals surface area contributed by atoms with E-state index in [2.05, 4.69) is 6.58 Å². The van der Waals surface area contributed by atoms with Crippen LogP contribution in [0, 0.1) is 11.3 Å². The first kappa shape index (κ1) is 14.5. The Hall–Kier alpha value is -2.94. The predicted molar refractivity (Wildman–Crippen MR) is 73.2 cm³/mol. The summed E-state index contributed by atoms with van der Waals surface area (Å²) in [5.74, 6) is -0.980. The second-order valence-corrected chi connectivity index (χ2v) is 4.34. The van der Waals surface area contributed by atoms with Crippen LogP contribution in [0.25, 0.3) is 0 Å². The topological polar surface area (TPSA) is 98.5 Å². The maximum absolute atomic E-state index is 12.2. The fourth-order valence-electron chi connectivity index (χ4n) is 2.13. The summed E-state index contributed by atoms with van der Waals surface area (Å²) in [4.78, 5) is 12.2. The number of allylic oxidation sites excluding steroid dienone is 2. The fraction of sp³-hybridized carbons (Fsp3) is 0.200. The molecule has 1 aromatic rings. The van der Waals surface area contributed by atoms with Gasteiger partial charge in [0.2, 0.25) is 5.88 Å². The van der Waals surface area contributed by atoms with Crippen molar-refractivity contribution in [1.29, 1.82) is 5.26 Å². The molecule has 0 radical (unpaired) electrons. The summed E-state index contributed by atoms with van der Waals surface area (Å²) in [7, 11) is 0. The van der Waals surface area contributed by atoms with E-state index >= 15 is 0 Å².